The van der Waals surface area contributed by atoms with Gasteiger partial charge in [-0.1, -0.05) is 6.07 Å². The van der Waals surface area contributed by atoms with Crippen molar-refractivity contribution in [3.8, 4) is 0 Å². The standard InChI is InChI=1S/C14H12ClN5/c15-14-19-12-11(16-7-17-12)13(20-14)18-10-5-4-8-2-1-3-9(8)6-10/h4-7H,1-3H2,(H2,16,17,18,19,20). The highest BCUT2D eigenvalue weighted by Gasteiger charge is 2.13. The van der Waals surface area contributed by atoms with E-state index in [2.05, 4.69) is 43.5 Å². The van der Waals surface area contributed by atoms with Crippen LogP contribution in [-0.2, 0) is 12.8 Å². The van der Waals surface area contributed by atoms with Crippen molar-refractivity contribution in [1.29, 1.82) is 0 Å². The molecule has 0 radical (unpaired) electrons. The highest BCUT2D eigenvalue weighted by atomic mass is 35.5. The van der Waals surface area contributed by atoms with Crippen LogP contribution in [0.1, 0.15) is 17.5 Å². The lowest BCUT2D eigenvalue weighted by Crippen LogP contribution is -1.98. The van der Waals surface area contributed by atoms with Gasteiger partial charge in [0.25, 0.3) is 0 Å². The fourth-order valence-electron chi connectivity index (χ4n) is 2.68. The number of benzene rings is 1. The Bertz CT molecular complexity index is 795. The first-order valence-electron chi connectivity index (χ1n) is 6.55. The molecule has 0 atom stereocenters. The van der Waals surface area contributed by atoms with Gasteiger partial charge in [0.2, 0.25) is 5.28 Å². The maximum absolute atomic E-state index is 5.92. The van der Waals surface area contributed by atoms with Crippen LogP contribution in [-0.4, -0.2) is 19.9 Å². The predicted octanol–water partition coefficient (Wildman–Crippen LogP) is 3.24. The molecular weight excluding hydrogens is 274 g/mol. The second-order valence-corrected chi connectivity index (χ2v) is 5.24. The summed E-state index contributed by atoms with van der Waals surface area (Å²) in [6, 6.07) is 6.43. The van der Waals surface area contributed by atoms with E-state index in [1.165, 1.54) is 24.0 Å². The average molecular weight is 286 g/mol. The molecule has 0 aliphatic heterocycles. The van der Waals surface area contributed by atoms with Gasteiger partial charge in [0.1, 0.15) is 5.52 Å². The van der Waals surface area contributed by atoms with E-state index >= 15 is 0 Å². The lowest BCUT2D eigenvalue weighted by atomic mass is 10.1. The largest absolute Gasteiger partial charge is 0.340 e. The first kappa shape index (κ1) is 11.7. The fraction of sp³-hybridized carbons (Fsp3) is 0.214. The summed E-state index contributed by atoms with van der Waals surface area (Å²) >= 11 is 5.92. The number of nitrogens with one attached hydrogen (secondary N) is 2. The van der Waals surface area contributed by atoms with Gasteiger partial charge in [0.15, 0.2) is 11.5 Å². The van der Waals surface area contributed by atoms with Crippen LogP contribution in [0.2, 0.25) is 5.28 Å². The number of anilines is 2. The highest BCUT2D eigenvalue weighted by molar-refractivity contribution is 6.28. The third kappa shape index (κ3) is 1.91. The maximum Gasteiger partial charge on any atom is 0.226 e. The van der Waals surface area contributed by atoms with E-state index < -0.39 is 0 Å². The third-order valence-corrected chi connectivity index (χ3v) is 3.79. The van der Waals surface area contributed by atoms with Crippen molar-refractivity contribution in [3.63, 3.8) is 0 Å². The molecule has 1 aliphatic carbocycles. The normalized spacial score (nSPS) is 13.7. The number of rotatable bonds is 2. The third-order valence-electron chi connectivity index (χ3n) is 3.62. The van der Waals surface area contributed by atoms with E-state index in [-0.39, 0.29) is 5.28 Å². The molecule has 5 nitrogen and oxygen atoms in total. The fourth-order valence-corrected chi connectivity index (χ4v) is 2.85. The molecule has 0 bridgehead atoms. The summed E-state index contributed by atoms with van der Waals surface area (Å²) in [7, 11) is 0. The Hall–Kier alpha value is -2.14. The van der Waals surface area contributed by atoms with Crippen LogP contribution < -0.4 is 5.32 Å². The Morgan fingerprint density at radius 2 is 2.05 bits per heavy atom. The number of aryl methyl sites for hydroxylation is 2. The predicted molar refractivity (Wildman–Crippen MR) is 78.4 cm³/mol. The number of hydrogen-bond acceptors (Lipinski definition) is 4. The minimum absolute atomic E-state index is 0.188. The van der Waals surface area contributed by atoms with E-state index in [4.69, 9.17) is 11.6 Å². The van der Waals surface area contributed by atoms with E-state index in [0.717, 1.165) is 17.6 Å². The molecule has 20 heavy (non-hydrogen) atoms. The van der Waals surface area contributed by atoms with Crippen molar-refractivity contribution in [1.82, 2.24) is 19.9 Å². The number of imidazole rings is 1. The Balaban J connectivity index is 1.75. The molecule has 3 aromatic rings. The molecule has 2 heterocycles. The Kier molecular flexibility index (Phi) is 2.60. The van der Waals surface area contributed by atoms with Crippen molar-refractivity contribution in [3.05, 3.63) is 40.9 Å². The number of hydrogen-bond donors (Lipinski definition) is 2. The molecule has 1 aromatic carbocycles. The smallest absolute Gasteiger partial charge is 0.226 e. The Morgan fingerprint density at radius 1 is 1.15 bits per heavy atom. The summed E-state index contributed by atoms with van der Waals surface area (Å²) in [5.41, 5.74) is 5.19. The molecule has 0 unspecified atom stereocenters. The molecule has 4 rings (SSSR count). The van der Waals surface area contributed by atoms with Gasteiger partial charge < -0.3 is 10.3 Å². The van der Waals surface area contributed by atoms with Crippen LogP contribution in [0, 0.1) is 0 Å². The number of aromatic nitrogens is 4. The van der Waals surface area contributed by atoms with Crippen LogP contribution in [0.25, 0.3) is 11.2 Å². The minimum Gasteiger partial charge on any atom is -0.340 e. The molecule has 6 heteroatoms. The van der Waals surface area contributed by atoms with Crippen LogP contribution in [0.15, 0.2) is 24.5 Å². The molecule has 0 saturated heterocycles. The van der Waals surface area contributed by atoms with E-state index in [0.29, 0.717) is 11.5 Å². The maximum atomic E-state index is 5.92. The first-order chi connectivity index (χ1) is 9.79. The van der Waals surface area contributed by atoms with E-state index in [1.807, 2.05) is 0 Å². The molecule has 2 N–H and O–H groups in total. The van der Waals surface area contributed by atoms with Gasteiger partial charge in [-0.2, -0.15) is 9.97 Å². The number of fused-ring (bicyclic) bond motifs is 2. The van der Waals surface area contributed by atoms with Gasteiger partial charge >= 0.3 is 0 Å². The lowest BCUT2D eigenvalue weighted by molar-refractivity contribution is 0.912. The van der Waals surface area contributed by atoms with Gasteiger partial charge in [-0.05, 0) is 54.1 Å². The van der Waals surface area contributed by atoms with Gasteiger partial charge in [0, 0.05) is 5.69 Å². The van der Waals surface area contributed by atoms with Crippen LogP contribution in [0.3, 0.4) is 0 Å². The second-order valence-electron chi connectivity index (χ2n) is 4.90. The summed E-state index contributed by atoms with van der Waals surface area (Å²) in [6.45, 7) is 0. The number of H-pyrrole nitrogens is 1. The van der Waals surface area contributed by atoms with Crippen molar-refractivity contribution in [2.45, 2.75) is 19.3 Å². The zero-order valence-corrected chi connectivity index (χ0v) is 11.4. The SMILES string of the molecule is Clc1nc(Nc2ccc3c(c2)CCC3)c2[nH]cnc2n1. The molecule has 2 aromatic heterocycles. The summed E-state index contributed by atoms with van der Waals surface area (Å²) < 4.78 is 0. The summed E-state index contributed by atoms with van der Waals surface area (Å²) in [6.07, 6.45) is 5.15. The molecule has 1 aliphatic rings. The first-order valence-corrected chi connectivity index (χ1v) is 6.93. The van der Waals surface area contributed by atoms with Crippen LogP contribution in [0.4, 0.5) is 11.5 Å². The molecule has 0 amide bonds. The molecule has 100 valence electrons. The number of halogens is 1. The van der Waals surface area contributed by atoms with Crippen molar-refractivity contribution < 1.29 is 0 Å². The molecule has 0 fully saturated rings. The van der Waals surface area contributed by atoms with Gasteiger partial charge in [-0.25, -0.2) is 4.98 Å². The van der Waals surface area contributed by atoms with Gasteiger partial charge in [0.05, 0.1) is 6.33 Å². The number of aromatic amines is 1. The van der Waals surface area contributed by atoms with Crippen LogP contribution in [0.5, 0.6) is 0 Å². The average Bonchev–Trinajstić information content (AvgIpc) is 3.05. The van der Waals surface area contributed by atoms with E-state index in [9.17, 15) is 0 Å². The summed E-state index contributed by atoms with van der Waals surface area (Å²) in [5, 5.41) is 3.48. The Labute approximate surface area is 120 Å². The van der Waals surface area contributed by atoms with Crippen molar-refractivity contribution in [2.75, 3.05) is 5.32 Å². The zero-order chi connectivity index (χ0) is 13.5. The topological polar surface area (TPSA) is 66.5 Å². The quantitative estimate of drug-likeness (QED) is 0.709. The summed E-state index contributed by atoms with van der Waals surface area (Å²) in [5.74, 6) is 0.649. The minimum atomic E-state index is 0.188. The molecule has 0 saturated carbocycles. The van der Waals surface area contributed by atoms with Crippen LogP contribution >= 0.6 is 11.6 Å². The van der Waals surface area contributed by atoms with Crippen molar-refractivity contribution >= 4 is 34.3 Å². The highest BCUT2D eigenvalue weighted by Crippen LogP contribution is 2.28. The zero-order valence-electron chi connectivity index (χ0n) is 10.7. The lowest BCUT2D eigenvalue weighted by Gasteiger charge is -2.08. The van der Waals surface area contributed by atoms with Gasteiger partial charge in [-0.15, -0.1) is 0 Å². The molecule has 0 spiro atoms. The second kappa shape index (κ2) is 4.45. The van der Waals surface area contributed by atoms with E-state index in [1.54, 1.807) is 6.33 Å². The summed E-state index contributed by atoms with van der Waals surface area (Å²) in [4.78, 5) is 15.4. The molecular formula is C14H12ClN5. The van der Waals surface area contributed by atoms with Gasteiger partial charge in [-0.3, -0.25) is 0 Å². The Morgan fingerprint density at radius 3 is 3.00 bits per heavy atom. The van der Waals surface area contributed by atoms with Crippen molar-refractivity contribution in [2.24, 2.45) is 0 Å². The number of nitrogens with zero attached hydrogens (tertiary/aromatic N) is 3. The monoisotopic (exact) mass is 285 g/mol.